The number of benzene rings is 1. The van der Waals surface area contributed by atoms with Gasteiger partial charge in [0.05, 0.1) is 11.4 Å². The van der Waals surface area contributed by atoms with Crippen molar-refractivity contribution in [3.63, 3.8) is 0 Å². The van der Waals surface area contributed by atoms with Gasteiger partial charge in [-0.25, -0.2) is 4.68 Å². The second-order valence-corrected chi connectivity index (χ2v) is 6.17. The number of anilines is 1. The van der Waals surface area contributed by atoms with E-state index >= 15 is 0 Å². The first-order chi connectivity index (χ1) is 11.5. The Morgan fingerprint density at radius 2 is 1.88 bits per heavy atom. The maximum atomic E-state index is 12.8. The maximum Gasteiger partial charge on any atom is 0.295 e. The van der Waals surface area contributed by atoms with Gasteiger partial charge in [0.1, 0.15) is 5.69 Å². The maximum absolute atomic E-state index is 12.8. The Hall–Kier alpha value is -2.30. The molecule has 0 spiro atoms. The summed E-state index contributed by atoms with van der Waals surface area (Å²) >= 11 is 0. The average molecular weight is 329 g/mol. The predicted molar refractivity (Wildman–Crippen MR) is 97.7 cm³/mol. The molecule has 0 bridgehead atoms. The zero-order valence-corrected chi connectivity index (χ0v) is 15.0. The van der Waals surface area contributed by atoms with Crippen molar-refractivity contribution in [2.24, 2.45) is 13.0 Å². The molecule has 2 aromatic rings. The molecule has 130 valence electrons. The highest BCUT2D eigenvalue weighted by molar-refractivity contribution is 5.92. The molecular weight excluding hydrogens is 302 g/mol. The summed E-state index contributed by atoms with van der Waals surface area (Å²) in [6.07, 6.45) is 3.73. The summed E-state index contributed by atoms with van der Waals surface area (Å²) in [5.74, 6) is -0.105. The third kappa shape index (κ3) is 3.61. The van der Waals surface area contributed by atoms with Crippen molar-refractivity contribution < 1.29 is 4.79 Å². The summed E-state index contributed by atoms with van der Waals surface area (Å²) in [5.41, 5.74) is 1.72. The minimum absolute atomic E-state index is 0.0471. The molecule has 24 heavy (non-hydrogen) atoms. The highest BCUT2D eigenvalue weighted by atomic mass is 16.2. The topological polar surface area (TPSA) is 56.0 Å². The van der Waals surface area contributed by atoms with Gasteiger partial charge in [0.25, 0.3) is 5.56 Å². The second kappa shape index (κ2) is 7.99. The fourth-order valence-corrected chi connectivity index (χ4v) is 2.91. The molecule has 0 fully saturated rings. The van der Waals surface area contributed by atoms with Gasteiger partial charge < -0.3 is 5.32 Å². The van der Waals surface area contributed by atoms with Crippen molar-refractivity contribution in [3.8, 4) is 5.69 Å². The van der Waals surface area contributed by atoms with E-state index < -0.39 is 0 Å². The number of carbonyl (C=O) groups is 1. The van der Waals surface area contributed by atoms with Crippen LogP contribution in [0, 0.1) is 12.8 Å². The summed E-state index contributed by atoms with van der Waals surface area (Å²) in [6.45, 7) is 5.98. The lowest BCUT2D eigenvalue weighted by Crippen LogP contribution is -2.27. The molecule has 0 aliphatic carbocycles. The van der Waals surface area contributed by atoms with Gasteiger partial charge >= 0.3 is 0 Å². The summed E-state index contributed by atoms with van der Waals surface area (Å²) < 4.78 is 3.36. The van der Waals surface area contributed by atoms with Crippen molar-refractivity contribution >= 4 is 11.6 Å². The highest BCUT2D eigenvalue weighted by Crippen LogP contribution is 2.18. The second-order valence-electron chi connectivity index (χ2n) is 6.17. The molecule has 0 radical (unpaired) electrons. The third-order valence-electron chi connectivity index (χ3n) is 4.57. The van der Waals surface area contributed by atoms with Crippen LogP contribution in [0.1, 0.15) is 45.2 Å². The first kappa shape index (κ1) is 18.0. The van der Waals surface area contributed by atoms with Gasteiger partial charge in [0, 0.05) is 13.0 Å². The number of hydrogen-bond donors (Lipinski definition) is 1. The average Bonchev–Trinajstić information content (AvgIpc) is 2.80. The molecule has 5 heteroatoms. The van der Waals surface area contributed by atoms with Crippen molar-refractivity contribution in [3.05, 3.63) is 46.4 Å². The van der Waals surface area contributed by atoms with Crippen LogP contribution in [0.2, 0.25) is 0 Å². The number of aromatic nitrogens is 2. The van der Waals surface area contributed by atoms with E-state index in [4.69, 9.17) is 0 Å². The zero-order valence-electron chi connectivity index (χ0n) is 15.0. The number of unbranched alkanes of at least 4 members (excludes halogenated alkanes) is 1. The zero-order chi connectivity index (χ0) is 17.7. The van der Waals surface area contributed by atoms with E-state index in [0.717, 1.165) is 37.1 Å². The molecule has 2 rings (SSSR count). The van der Waals surface area contributed by atoms with Gasteiger partial charge in [-0.15, -0.1) is 0 Å². The molecule has 0 saturated carbocycles. The van der Waals surface area contributed by atoms with Gasteiger partial charge in [-0.2, -0.15) is 0 Å². The molecule has 0 aliphatic heterocycles. The van der Waals surface area contributed by atoms with Crippen LogP contribution in [0.25, 0.3) is 5.69 Å². The van der Waals surface area contributed by atoms with Crippen molar-refractivity contribution in [2.45, 2.75) is 46.5 Å². The minimum Gasteiger partial charge on any atom is -0.320 e. The molecule has 1 aromatic carbocycles. The van der Waals surface area contributed by atoms with E-state index in [0.29, 0.717) is 5.69 Å². The lowest BCUT2D eigenvalue weighted by atomic mass is 9.98. The van der Waals surface area contributed by atoms with Crippen LogP contribution in [0.4, 0.5) is 5.69 Å². The van der Waals surface area contributed by atoms with E-state index in [2.05, 4.69) is 12.2 Å². The molecule has 0 unspecified atom stereocenters. The van der Waals surface area contributed by atoms with Crippen LogP contribution < -0.4 is 10.9 Å². The number of nitrogens with zero attached hydrogens (tertiary/aromatic N) is 2. The number of rotatable bonds is 7. The van der Waals surface area contributed by atoms with Crippen molar-refractivity contribution in [1.82, 2.24) is 9.36 Å². The standard InChI is InChI=1S/C19H27N3O2/c1-5-7-11-15(6-2)18(23)20-17-14(3)21(4)22(19(17)24)16-12-9-8-10-13-16/h8-10,12-13,15H,5-7,11H2,1-4H3,(H,20,23)/t15-/m1/s1. The Bertz CT molecular complexity index is 744. The Morgan fingerprint density at radius 3 is 2.46 bits per heavy atom. The fraction of sp³-hybridized carbons (Fsp3) is 0.474. The van der Waals surface area contributed by atoms with Gasteiger partial charge in [0.15, 0.2) is 0 Å². The van der Waals surface area contributed by atoms with E-state index in [1.165, 1.54) is 0 Å². The fourth-order valence-electron chi connectivity index (χ4n) is 2.91. The van der Waals surface area contributed by atoms with Gasteiger partial charge in [0.2, 0.25) is 5.91 Å². The van der Waals surface area contributed by atoms with Gasteiger partial charge in [-0.05, 0) is 31.9 Å². The summed E-state index contributed by atoms with van der Waals surface area (Å²) in [6, 6.07) is 9.44. The minimum atomic E-state index is -0.195. The molecular formula is C19H27N3O2. The van der Waals surface area contributed by atoms with Gasteiger partial charge in [-0.3, -0.25) is 14.3 Å². The number of para-hydroxylation sites is 1. The van der Waals surface area contributed by atoms with E-state index in [1.54, 1.807) is 9.36 Å². The molecule has 1 N–H and O–H groups in total. The molecule has 1 heterocycles. The predicted octanol–water partition coefficient (Wildman–Crippen LogP) is 3.64. The normalized spacial score (nSPS) is 12.2. The molecule has 1 atom stereocenters. The van der Waals surface area contributed by atoms with E-state index in [1.807, 2.05) is 51.2 Å². The first-order valence-corrected chi connectivity index (χ1v) is 8.66. The molecule has 1 amide bonds. The molecule has 1 aromatic heterocycles. The summed E-state index contributed by atoms with van der Waals surface area (Å²) in [5, 5.41) is 2.88. The summed E-state index contributed by atoms with van der Waals surface area (Å²) in [4.78, 5) is 25.3. The quantitative estimate of drug-likeness (QED) is 0.843. The van der Waals surface area contributed by atoms with Crippen molar-refractivity contribution in [2.75, 3.05) is 5.32 Å². The lowest BCUT2D eigenvalue weighted by Gasteiger charge is -2.13. The van der Waals surface area contributed by atoms with Crippen LogP contribution in [0.15, 0.2) is 35.1 Å². The summed E-state index contributed by atoms with van der Waals surface area (Å²) in [7, 11) is 1.83. The van der Waals surface area contributed by atoms with Crippen LogP contribution in [-0.2, 0) is 11.8 Å². The first-order valence-electron chi connectivity index (χ1n) is 8.66. The van der Waals surface area contributed by atoms with Crippen molar-refractivity contribution in [1.29, 1.82) is 0 Å². The Balaban J connectivity index is 2.32. The SMILES string of the molecule is CCCC[C@@H](CC)C(=O)Nc1c(C)n(C)n(-c2ccccc2)c1=O. The molecule has 0 saturated heterocycles. The number of carbonyl (C=O) groups excluding carboxylic acids is 1. The largest absolute Gasteiger partial charge is 0.320 e. The third-order valence-corrected chi connectivity index (χ3v) is 4.57. The number of amides is 1. The van der Waals surface area contributed by atoms with E-state index in [-0.39, 0.29) is 17.4 Å². The number of hydrogen-bond acceptors (Lipinski definition) is 2. The number of nitrogens with one attached hydrogen (secondary N) is 1. The van der Waals surface area contributed by atoms with Crippen LogP contribution in [0.3, 0.4) is 0 Å². The van der Waals surface area contributed by atoms with Gasteiger partial charge in [-0.1, -0.05) is 44.9 Å². The highest BCUT2D eigenvalue weighted by Gasteiger charge is 2.21. The van der Waals surface area contributed by atoms with Crippen LogP contribution in [0.5, 0.6) is 0 Å². The van der Waals surface area contributed by atoms with Crippen LogP contribution >= 0.6 is 0 Å². The molecule has 5 nitrogen and oxygen atoms in total. The Morgan fingerprint density at radius 1 is 1.21 bits per heavy atom. The van der Waals surface area contributed by atoms with Crippen LogP contribution in [-0.4, -0.2) is 15.3 Å². The Labute approximate surface area is 143 Å². The monoisotopic (exact) mass is 329 g/mol. The Kier molecular flexibility index (Phi) is 6.01. The molecule has 0 aliphatic rings. The smallest absolute Gasteiger partial charge is 0.295 e. The lowest BCUT2D eigenvalue weighted by molar-refractivity contribution is -0.120. The van der Waals surface area contributed by atoms with E-state index in [9.17, 15) is 9.59 Å².